The number of hydrogen-bond donors (Lipinski definition) is 7. The molecule has 0 spiro atoms. The number of aryl methyl sites for hydroxylation is 2. The molecular weight excluding hydrogens is 883 g/mol. The Labute approximate surface area is 385 Å². The van der Waals surface area contributed by atoms with Crippen molar-refractivity contribution in [3.05, 3.63) is 57.5 Å². The van der Waals surface area contributed by atoms with Crippen LogP contribution in [-0.2, 0) is 55.8 Å². The van der Waals surface area contributed by atoms with Crippen LogP contribution in [0.2, 0.25) is 0 Å². The van der Waals surface area contributed by atoms with Crippen molar-refractivity contribution in [3.8, 4) is 0 Å². The van der Waals surface area contributed by atoms with Gasteiger partial charge in [-0.05, 0) is 68.7 Å². The fraction of sp³-hybridized carbons (Fsp3) is 0.568. The number of nitrogens with two attached hydrogens (primary N) is 2. The van der Waals surface area contributed by atoms with E-state index in [-0.39, 0.29) is 118 Å². The minimum Gasteiger partial charge on any atom is -0.480 e. The zero-order chi connectivity index (χ0) is 47.3. The van der Waals surface area contributed by atoms with E-state index in [9.17, 15) is 43.5 Å². The largest absolute Gasteiger partial charge is 0.480 e. The number of carbonyl (C=O) groups is 7. The van der Waals surface area contributed by atoms with E-state index in [1.54, 1.807) is 54.0 Å². The van der Waals surface area contributed by atoms with Crippen LogP contribution >= 0.6 is 23.5 Å². The molecule has 0 saturated heterocycles. The van der Waals surface area contributed by atoms with Crippen molar-refractivity contribution >= 4 is 81.7 Å². The summed E-state index contributed by atoms with van der Waals surface area (Å²) < 4.78 is 16.1. The molecule has 2 aromatic heterocycles. The van der Waals surface area contributed by atoms with Crippen molar-refractivity contribution in [1.82, 2.24) is 25.6 Å². The molecule has 0 radical (unpaired) electrons. The molecule has 1 aromatic carbocycles. The third-order valence-corrected chi connectivity index (χ3v) is 14.2. The number of ether oxygens (including phenoxy) is 3. The van der Waals surface area contributed by atoms with Crippen molar-refractivity contribution in [2.45, 2.75) is 94.6 Å². The average molecular weight is 944 g/mol. The van der Waals surface area contributed by atoms with Gasteiger partial charge in [0, 0.05) is 71.9 Å². The van der Waals surface area contributed by atoms with E-state index in [1.807, 2.05) is 6.92 Å². The standard InChI is InChI=1S/C44H61N7O12S2/c1-3-28(38(45)55)24-64-34-11-12-35(34)65-25-31(22-32(53)15-18-61-17-14-26(2)52)40(56)47-16-19-62-20-21-63-36(54)13-10-33(43(59)60)49-41(57)29-7-4-27(5-8-29)6-9-30-23-48-39-37(30)42(58)51-44(46)50-39/h4-5,7-8,23,28,31,33-35H,3,6,9-22,24-25H2,1-2H3,(H2,45,55)(H,47,56)(H,49,57)(H,59,60)(H4,46,48,50,51,58)/t28?,31?,33-,34?,35?/m0/s1. The van der Waals surface area contributed by atoms with Crippen LogP contribution in [0.1, 0.15) is 86.7 Å². The monoisotopic (exact) mass is 943 g/mol. The highest BCUT2D eigenvalue weighted by Gasteiger charge is 2.34. The Morgan fingerprint density at radius 3 is 2.23 bits per heavy atom. The van der Waals surface area contributed by atoms with Gasteiger partial charge < -0.3 is 46.4 Å². The first-order valence-electron chi connectivity index (χ1n) is 21.8. The predicted molar refractivity (Wildman–Crippen MR) is 246 cm³/mol. The Kier molecular flexibility index (Phi) is 22.0. The number of nitrogens with one attached hydrogen (secondary N) is 4. The molecule has 2 heterocycles. The summed E-state index contributed by atoms with van der Waals surface area (Å²) in [6.45, 7) is 3.95. The number of ketones is 2. The molecule has 65 heavy (non-hydrogen) atoms. The number of aromatic amines is 2. The summed E-state index contributed by atoms with van der Waals surface area (Å²) in [5, 5.41) is 16.0. The summed E-state index contributed by atoms with van der Waals surface area (Å²) in [5.41, 5.74) is 13.0. The molecule has 1 aliphatic carbocycles. The van der Waals surface area contributed by atoms with E-state index < -0.39 is 29.8 Å². The van der Waals surface area contributed by atoms with Gasteiger partial charge in [0.2, 0.25) is 17.8 Å². The highest BCUT2D eigenvalue weighted by atomic mass is 32.2. The smallest absolute Gasteiger partial charge is 0.326 e. The van der Waals surface area contributed by atoms with Gasteiger partial charge in [0.15, 0.2) is 0 Å². The number of aromatic nitrogens is 3. The lowest BCUT2D eigenvalue weighted by molar-refractivity contribution is -0.146. The minimum absolute atomic E-state index is 0.00334. The molecule has 21 heteroatoms. The van der Waals surface area contributed by atoms with Crippen LogP contribution in [0.25, 0.3) is 11.0 Å². The van der Waals surface area contributed by atoms with E-state index in [1.165, 1.54) is 6.92 Å². The summed E-state index contributed by atoms with van der Waals surface area (Å²) >= 11 is 3.38. The maximum absolute atomic E-state index is 13.3. The molecule has 3 amide bonds. The van der Waals surface area contributed by atoms with Crippen LogP contribution in [0.5, 0.6) is 0 Å². The Bertz CT molecular complexity index is 2150. The van der Waals surface area contributed by atoms with Crippen molar-refractivity contribution in [3.63, 3.8) is 0 Å². The minimum atomic E-state index is -1.35. The van der Waals surface area contributed by atoms with Gasteiger partial charge in [-0.15, -0.1) is 0 Å². The van der Waals surface area contributed by atoms with Gasteiger partial charge in [-0.1, -0.05) is 19.1 Å². The lowest BCUT2D eigenvalue weighted by Crippen LogP contribution is -2.41. The fourth-order valence-corrected chi connectivity index (χ4v) is 10.2. The van der Waals surface area contributed by atoms with E-state index in [4.69, 9.17) is 25.7 Å². The predicted octanol–water partition coefficient (Wildman–Crippen LogP) is 2.73. The molecule has 5 atom stereocenters. The van der Waals surface area contributed by atoms with Crippen LogP contribution in [0.3, 0.4) is 0 Å². The number of carboxylic acids is 1. The van der Waals surface area contributed by atoms with Gasteiger partial charge >= 0.3 is 11.9 Å². The molecule has 1 fully saturated rings. The number of rotatable bonds is 32. The summed E-state index contributed by atoms with van der Waals surface area (Å²) in [6.07, 6.45) is 5.37. The number of Topliss-reactive ketones (excluding diaryl/α,β-unsaturated/α-hetero) is 2. The number of nitrogen functional groups attached to an aromatic ring is 1. The number of benzene rings is 1. The second-order valence-corrected chi connectivity index (χ2v) is 18.3. The number of primary amides is 1. The van der Waals surface area contributed by atoms with Gasteiger partial charge in [-0.25, -0.2) is 4.79 Å². The first kappa shape index (κ1) is 52.4. The summed E-state index contributed by atoms with van der Waals surface area (Å²) in [4.78, 5) is 108. The van der Waals surface area contributed by atoms with Crippen LogP contribution in [0.15, 0.2) is 35.3 Å². The number of fused-ring (bicyclic) bond motifs is 1. The quantitative estimate of drug-likeness (QED) is 0.0350. The summed E-state index contributed by atoms with van der Waals surface area (Å²) in [7, 11) is 0. The highest BCUT2D eigenvalue weighted by molar-refractivity contribution is 8.04. The van der Waals surface area contributed by atoms with Gasteiger partial charge in [0.1, 0.15) is 29.9 Å². The molecule has 19 nitrogen and oxygen atoms in total. The second kappa shape index (κ2) is 27.3. The first-order chi connectivity index (χ1) is 31.1. The molecule has 0 bridgehead atoms. The van der Waals surface area contributed by atoms with Gasteiger partial charge in [0.25, 0.3) is 11.5 Å². The summed E-state index contributed by atoms with van der Waals surface area (Å²) in [5.74, 6) is -3.01. The number of carbonyl (C=O) groups excluding carboxylic acids is 6. The zero-order valence-electron chi connectivity index (χ0n) is 36.9. The molecule has 4 rings (SSSR count). The van der Waals surface area contributed by atoms with Crippen LogP contribution in [0, 0.1) is 11.8 Å². The molecule has 0 aliphatic heterocycles. The second-order valence-electron chi connectivity index (χ2n) is 15.8. The number of amides is 3. The van der Waals surface area contributed by atoms with Crippen LogP contribution < -0.4 is 27.7 Å². The summed E-state index contributed by atoms with van der Waals surface area (Å²) in [6, 6.07) is 5.25. The van der Waals surface area contributed by atoms with Crippen molar-refractivity contribution < 1.29 is 52.9 Å². The number of nitrogens with zero attached hydrogens (tertiary/aromatic N) is 1. The van der Waals surface area contributed by atoms with Crippen LogP contribution in [0.4, 0.5) is 5.95 Å². The van der Waals surface area contributed by atoms with Gasteiger partial charge in [0.05, 0.1) is 37.7 Å². The topological polar surface area (TPSA) is 305 Å². The van der Waals surface area contributed by atoms with E-state index in [2.05, 4.69) is 25.6 Å². The number of hydrogen-bond acceptors (Lipinski definition) is 15. The van der Waals surface area contributed by atoms with Crippen molar-refractivity contribution in [2.24, 2.45) is 17.6 Å². The number of H-pyrrole nitrogens is 2. The lowest BCUT2D eigenvalue weighted by atomic mass is 9.99. The Hall–Kier alpha value is -5.25. The number of aliphatic carboxylic acids is 1. The first-order valence-corrected chi connectivity index (χ1v) is 23.9. The number of anilines is 1. The number of thioether (sulfide) groups is 2. The third kappa shape index (κ3) is 17.9. The maximum atomic E-state index is 13.3. The molecule has 4 unspecified atom stereocenters. The normalized spacial score (nSPS) is 15.9. The third-order valence-electron chi connectivity index (χ3n) is 10.9. The fourth-order valence-electron chi connectivity index (χ4n) is 6.77. The Morgan fingerprint density at radius 2 is 1.58 bits per heavy atom. The number of esters is 1. The lowest BCUT2D eigenvalue weighted by Gasteiger charge is -2.37. The molecule has 1 aliphatic rings. The van der Waals surface area contributed by atoms with Crippen molar-refractivity contribution in [2.75, 3.05) is 56.8 Å². The van der Waals surface area contributed by atoms with Gasteiger partial charge in [-0.3, -0.25) is 38.5 Å². The average Bonchev–Trinajstić information content (AvgIpc) is 3.67. The number of carboxylic acid groups (broad SMARTS) is 1. The molecule has 3 aromatic rings. The maximum Gasteiger partial charge on any atom is 0.326 e. The highest BCUT2D eigenvalue weighted by Crippen LogP contribution is 2.41. The molecule has 9 N–H and O–H groups in total. The van der Waals surface area contributed by atoms with E-state index in [0.29, 0.717) is 52.3 Å². The van der Waals surface area contributed by atoms with E-state index >= 15 is 0 Å². The molecular formula is C44H61N7O12S2. The van der Waals surface area contributed by atoms with Crippen LogP contribution in [-0.4, -0.2) is 129 Å². The Balaban J connectivity index is 1.13. The zero-order valence-corrected chi connectivity index (χ0v) is 38.5. The Morgan fingerprint density at radius 1 is 0.908 bits per heavy atom. The van der Waals surface area contributed by atoms with E-state index in [0.717, 1.165) is 24.0 Å². The van der Waals surface area contributed by atoms with Gasteiger partial charge in [-0.2, -0.15) is 28.5 Å². The van der Waals surface area contributed by atoms with Crippen molar-refractivity contribution in [1.29, 1.82) is 0 Å². The SMILES string of the molecule is CCC(CSC1CCC1SCC(CC(=O)CCOCCC(C)=O)C(=O)NCCOCCOC(=O)CC[C@H](NC(=O)c1ccc(CCc2c[nH]c3nc(N)[nH]c(=O)c23)cc1)C(=O)O)C(N)=O. The molecule has 1 saturated carbocycles. The molecule has 356 valence electrons.